The molecule has 0 aliphatic rings. The summed E-state index contributed by atoms with van der Waals surface area (Å²) in [6.07, 6.45) is 0. The van der Waals surface area contributed by atoms with Crippen LogP contribution in [-0.4, -0.2) is 23.3 Å². The molecule has 4 nitrogen and oxygen atoms in total. The molecule has 2 aromatic rings. The summed E-state index contributed by atoms with van der Waals surface area (Å²) >= 11 is 5.81. The van der Waals surface area contributed by atoms with E-state index in [2.05, 4.69) is 0 Å². The summed E-state index contributed by atoms with van der Waals surface area (Å²) in [5.41, 5.74) is 1.35. The first-order valence-corrected chi connectivity index (χ1v) is 5.81. The zero-order valence-electron chi connectivity index (χ0n) is 10.1. The monoisotopic (exact) mass is 278 g/mol. The van der Waals surface area contributed by atoms with E-state index in [1.165, 1.54) is 25.3 Å². The number of aromatic hydroxyl groups is 1. The topological polar surface area (TPSA) is 66.8 Å². The van der Waals surface area contributed by atoms with Gasteiger partial charge < -0.3 is 14.9 Å². The minimum atomic E-state index is -1.09. The van der Waals surface area contributed by atoms with Gasteiger partial charge in [-0.3, -0.25) is 0 Å². The van der Waals surface area contributed by atoms with Gasteiger partial charge in [0, 0.05) is 0 Å². The lowest BCUT2D eigenvalue weighted by Gasteiger charge is -2.08. The van der Waals surface area contributed by atoms with E-state index in [-0.39, 0.29) is 16.3 Å². The number of phenols is 1. The summed E-state index contributed by atoms with van der Waals surface area (Å²) < 4.78 is 4.95. The molecule has 0 amide bonds. The third kappa shape index (κ3) is 2.63. The van der Waals surface area contributed by atoms with Crippen molar-refractivity contribution in [1.29, 1.82) is 0 Å². The highest BCUT2D eigenvalue weighted by Crippen LogP contribution is 2.32. The highest BCUT2D eigenvalue weighted by Gasteiger charge is 2.11. The van der Waals surface area contributed by atoms with Crippen LogP contribution in [-0.2, 0) is 0 Å². The molecule has 2 aromatic carbocycles. The second-order valence-corrected chi connectivity index (χ2v) is 4.29. The highest BCUT2D eigenvalue weighted by molar-refractivity contribution is 6.33. The number of rotatable bonds is 3. The fourth-order valence-corrected chi connectivity index (χ4v) is 1.94. The molecule has 0 heterocycles. The molecule has 5 heteroatoms. The zero-order valence-corrected chi connectivity index (χ0v) is 10.8. The smallest absolute Gasteiger partial charge is 0.337 e. The molecule has 0 fully saturated rings. The average molecular weight is 279 g/mol. The molecule has 0 bridgehead atoms. The Kier molecular flexibility index (Phi) is 3.62. The molecular weight excluding hydrogens is 268 g/mol. The summed E-state index contributed by atoms with van der Waals surface area (Å²) in [5.74, 6) is -0.743. The van der Waals surface area contributed by atoms with Gasteiger partial charge in [0.25, 0.3) is 0 Å². The van der Waals surface area contributed by atoms with Gasteiger partial charge in [-0.1, -0.05) is 23.7 Å². The third-order valence-electron chi connectivity index (χ3n) is 2.71. The standard InChI is InChI=1S/C14H11ClO4/c1-19-13-5-3-9(7-12(13)16)8-2-4-11(15)10(6-8)14(17)18/h2-7,16H,1H3,(H,17,18). The summed E-state index contributed by atoms with van der Waals surface area (Å²) in [6, 6.07) is 9.52. The first kappa shape index (κ1) is 13.2. The van der Waals surface area contributed by atoms with Crippen LogP contribution in [0.2, 0.25) is 5.02 Å². The Hall–Kier alpha value is -2.20. The van der Waals surface area contributed by atoms with Crippen LogP contribution in [0.3, 0.4) is 0 Å². The largest absolute Gasteiger partial charge is 0.504 e. The van der Waals surface area contributed by atoms with Crippen LogP contribution in [0, 0.1) is 0 Å². The lowest BCUT2D eigenvalue weighted by molar-refractivity contribution is 0.0697. The minimum Gasteiger partial charge on any atom is -0.504 e. The van der Waals surface area contributed by atoms with Gasteiger partial charge in [0.05, 0.1) is 17.7 Å². The molecular formula is C14H11ClO4. The normalized spacial score (nSPS) is 10.2. The quantitative estimate of drug-likeness (QED) is 0.903. The molecule has 19 heavy (non-hydrogen) atoms. The summed E-state index contributed by atoms with van der Waals surface area (Å²) in [7, 11) is 1.46. The van der Waals surface area contributed by atoms with Crippen molar-refractivity contribution in [1.82, 2.24) is 0 Å². The molecule has 0 aromatic heterocycles. The number of halogens is 1. The van der Waals surface area contributed by atoms with Gasteiger partial charge in [-0.2, -0.15) is 0 Å². The Morgan fingerprint density at radius 3 is 2.37 bits per heavy atom. The molecule has 2 rings (SSSR count). The second-order valence-electron chi connectivity index (χ2n) is 3.89. The maximum absolute atomic E-state index is 11.0. The zero-order chi connectivity index (χ0) is 14.0. The molecule has 0 aliphatic heterocycles. The van der Waals surface area contributed by atoms with Gasteiger partial charge in [-0.25, -0.2) is 4.79 Å². The molecule has 98 valence electrons. The molecule has 0 radical (unpaired) electrons. The lowest BCUT2D eigenvalue weighted by Crippen LogP contribution is -1.97. The van der Waals surface area contributed by atoms with E-state index in [4.69, 9.17) is 21.4 Å². The molecule has 2 N–H and O–H groups in total. The van der Waals surface area contributed by atoms with E-state index in [0.29, 0.717) is 16.9 Å². The summed E-state index contributed by atoms with van der Waals surface area (Å²) in [5, 5.41) is 18.9. The van der Waals surface area contributed by atoms with Crippen molar-refractivity contribution in [3.05, 3.63) is 47.0 Å². The number of carboxylic acid groups (broad SMARTS) is 1. The predicted octanol–water partition coefficient (Wildman–Crippen LogP) is 3.42. The van der Waals surface area contributed by atoms with Crippen molar-refractivity contribution >= 4 is 17.6 Å². The Labute approximate surface area is 114 Å². The van der Waals surface area contributed by atoms with Crippen molar-refractivity contribution in [2.45, 2.75) is 0 Å². The van der Waals surface area contributed by atoms with Crippen LogP contribution in [0.25, 0.3) is 11.1 Å². The van der Waals surface area contributed by atoms with Crippen molar-refractivity contribution < 1.29 is 19.7 Å². The average Bonchev–Trinajstić information content (AvgIpc) is 2.38. The Morgan fingerprint density at radius 1 is 1.16 bits per heavy atom. The van der Waals surface area contributed by atoms with E-state index in [1.54, 1.807) is 18.2 Å². The van der Waals surface area contributed by atoms with Gasteiger partial charge >= 0.3 is 5.97 Å². The van der Waals surface area contributed by atoms with Crippen LogP contribution in [0.4, 0.5) is 0 Å². The van der Waals surface area contributed by atoms with E-state index >= 15 is 0 Å². The number of ether oxygens (including phenoxy) is 1. The van der Waals surface area contributed by atoms with Crippen LogP contribution >= 0.6 is 11.6 Å². The Bertz CT molecular complexity index is 637. The van der Waals surface area contributed by atoms with E-state index < -0.39 is 5.97 Å². The van der Waals surface area contributed by atoms with Gasteiger partial charge in [-0.05, 0) is 35.4 Å². The molecule has 0 unspecified atom stereocenters. The second kappa shape index (κ2) is 5.20. The number of methoxy groups -OCH3 is 1. The maximum Gasteiger partial charge on any atom is 0.337 e. The minimum absolute atomic E-state index is 0.00757. The first-order valence-electron chi connectivity index (χ1n) is 5.43. The number of phenolic OH excluding ortho intramolecular Hbond substituents is 1. The van der Waals surface area contributed by atoms with Gasteiger partial charge in [0.15, 0.2) is 11.5 Å². The van der Waals surface area contributed by atoms with Crippen molar-refractivity contribution in [3.8, 4) is 22.6 Å². The number of hydrogen-bond donors (Lipinski definition) is 2. The fraction of sp³-hybridized carbons (Fsp3) is 0.0714. The summed E-state index contributed by atoms with van der Waals surface area (Å²) in [4.78, 5) is 11.0. The van der Waals surface area contributed by atoms with E-state index in [1.807, 2.05) is 0 Å². The van der Waals surface area contributed by atoms with Gasteiger partial charge in [0.1, 0.15) is 0 Å². The summed E-state index contributed by atoms with van der Waals surface area (Å²) in [6.45, 7) is 0. The molecule has 0 atom stereocenters. The van der Waals surface area contributed by atoms with Crippen LogP contribution in [0.15, 0.2) is 36.4 Å². The maximum atomic E-state index is 11.0. The van der Waals surface area contributed by atoms with Crippen molar-refractivity contribution in [2.24, 2.45) is 0 Å². The van der Waals surface area contributed by atoms with E-state index in [0.717, 1.165) is 0 Å². The number of aromatic carboxylic acids is 1. The molecule has 0 saturated heterocycles. The lowest BCUT2D eigenvalue weighted by atomic mass is 10.0. The SMILES string of the molecule is COc1ccc(-c2ccc(Cl)c(C(=O)O)c2)cc1O. The van der Waals surface area contributed by atoms with Crippen LogP contribution < -0.4 is 4.74 Å². The van der Waals surface area contributed by atoms with Gasteiger partial charge in [0.2, 0.25) is 0 Å². The molecule has 0 aliphatic carbocycles. The highest BCUT2D eigenvalue weighted by atomic mass is 35.5. The number of hydrogen-bond acceptors (Lipinski definition) is 3. The third-order valence-corrected chi connectivity index (χ3v) is 3.04. The van der Waals surface area contributed by atoms with Crippen LogP contribution in [0.1, 0.15) is 10.4 Å². The molecule has 0 spiro atoms. The molecule has 0 saturated carbocycles. The fourth-order valence-electron chi connectivity index (χ4n) is 1.74. The number of carbonyl (C=O) groups is 1. The van der Waals surface area contributed by atoms with Gasteiger partial charge in [-0.15, -0.1) is 0 Å². The number of carboxylic acids is 1. The Morgan fingerprint density at radius 2 is 1.79 bits per heavy atom. The van der Waals surface area contributed by atoms with Crippen molar-refractivity contribution in [3.63, 3.8) is 0 Å². The predicted molar refractivity (Wildman–Crippen MR) is 72.1 cm³/mol. The Balaban J connectivity index is 2.50. The first-order chi connectivity index (χ1) is 9.02. The van der Waals surface area contributed by atoms with E-state index in [9.17, 15) is 9.90 Å². The van der Waals surface area contributed by atoms with Crippen molar-refractivity contribution in [2.75, 3.05) is 7.11 Å². The van der Waals surface area contributed by atoms with Crippen LogP contribution in [0.5, 0.6) is 11.5 Å². The number of benzene rings is 2.